The standard InChI is InChI=1S/C23H26N4O4/c1-30-19-9-3-16(4-10-19)15-21(28)24-13-14-26-23(29)27(18-7-8-18)22(25-26)17-5-11-20(31-2)12-6-17/h3-6,9-12,18H,7-8,13-15H2,1-2H3,(H,24,28). The van der Waals surface area contributed by atoms with E-state index in [2.05, 4.69) is 10.4 Å². The number of aromatic nitrogens is 3. The van der Waals surface area contributed by atoms with Gasteiger partial charge < -0.3 is 14.8 Å². The molecule has 0 saturated heterocycles. The van der Waals surface area contributed by atoms with Gasteiger partial charge in [-0.3, -0.25) is 9.36 Å². The highest BCUT2D eigenvalue weighted by molar-refractivity contribution is 5.78. The summed E-state index contributed by atoms with van der Waals surface area (Å²) >= 11 is 0. The lowest BCUT2D eigenvalue weighted by atomic mass is 10.1. The van der Waals surface area contributed by atoms with Crippen LogP contribution in [0.15, 0.2) is 53.3 Å². The van der Waals surface area contributed by atoms with Gasteiger partial charge in [-0.2, -0.15) is 0 Å². The molecule has 8 heteroatoms. The zero-order chi connectivity index (χ0) is 21.8. The van der Waals surface area contributed by atoms with Gasteiger partial charge in [-0.1, -0.05) is 12.1 Å². The van der Waals surface area contributed by atoms with Crippen molar-refractivity contribution in [2.24, 2.45) is 0 Å². The van der Waals surface area contributed by atoms with Gasteiger partial charge >= 0.3 is 5.69 Å². The number of carbonyl (C=O) groups excluding carboxylic acids is 1. The number of hydrogen-bond acceptors (Lipinski definition) is 5. The summed E-state index contributed by atoms with van der Waals surface area (Å²) in [7, 11) is 3.22. The van der Waals surface area contributed by atoms with Crippen molar-refractivity contribution in [2.45, 2.75) is 31.8 Å². The number of nitrogens with one attached hydrogen (secondary N) is 1. The summed E-state index contributed by atoms with van der Waals surface area (Å²) < 4.78 is 13.5. The molecular formula is C23H26N4O4. The molecule has 0 unspecified atom stereocenters. The van der Waals surface area contributed by atoms with E-state index in [1.54, 1.807) is 18.8 Å². The third-order valence-electron chi connectivity index (χ3n) is 5.30. The van der Waals surface area contributed by atoms with E-state index in [4.69, 9.17) is 9.47 Å². The number of methoxy groups -OCH3 is 2. The van der Waals surface area contributed by atoms with Crippen molar-refractivity contribution in [2.75, 3.05) is 20.8 Å². The van der Waals surface area contributed by atoms with Gasteiger partial charge in [0.25, 0.3) is 0 Å². The lowest BCUT2D eigenvalue weighted by Crippen LogP contribution is -2.32. The van der Waals surface area contributed by atoms with E-state index >= 15 is 0 Å². The van der Waals surface area contributed by atoms with Gasteiger partial charge in [0.15, 0.2) is 5.82 Å². The summed E-state index contributed by atoms with van der Waals surface area (Å²) in [6.45, 7) is 0.648. The Morgan fingerprint density at radius 3 is 2.23 bits per heavy atom. The van der Waals surface area contributed by atoms with Crippen molar-refractivity contribution in [3.8, 4) is 22.9 Å². The molecule has 1 saturated carbocycles. The fraction of sp³-hybridized carbons (Fsp3) is 0.348. The van der Waals surface area contributed by atoms with Gasteiger partial charge in [-0.05, 0) is 54.8 Å². The summed E-state index contributed by atoms with van der Waals surface area (Å²) in [6.07, 6.45) is 2.23. The van der Waals surface area contributed by atoms with Crippen molar-refractivity contribution in [1.29, 1.82) is 0 Å². The highest BCUT2D eigenvalue weighted by Crippen LogP contribution is 2.36. The molecule has 4 rings (SSSR count). The minimum atomic E-state index is -0.141. The Kier molecular flexibility index (Phi) is 6.06. The smallest absolute Gasteiger partial charge is 0.346 e. The fourth-order valence-electron chi connectivity index (χ4n) is 3.46. The predicted molar refractivity (Wildman–Crippen MR) is 116 cm³/mol. The molecule has 3 aromatic rings. The molecule has 1 N–H and O–H groups in total. The Morgan fingerprint density at radius 1 is 1.03 bits per heavy atom. The summed E-state index contributed by atoms with van der Waals surface area (Å²) in [5.74, 6) is 2.06. The molecule has 0 aliphatic heterocycles. The topological polar surface area (TPSA) is 87.4 Å². The largest absolute Gasteiger partial charge is 0.497 e. The second kappa shape index (κ2) is 9.07. The minimum Gasteiger partial charge on any atom is -0.497 e. The van der Waals surface area contributed by atoms with Crippen LogP contribution in [-0.2, 0) is 17.8 Å². The van der Waals surface area contributed by atoms with E-state index in [-0.39, 0.29) is 24.1 Å². The molecule has 1 fully saturated rings. The number of amides is 1. The maximum Gasteiger partial charge on any atom is 0.346 e. The number of benzene rings is 2. The molecule has 0 spiro atoms. The van der Waals surface area contributed by atoms with Crippen LogP contribution in [0.25, 0.3) is 11.4 Å². The van der Waals surface area contributed by atoms with Crippen molar-refractivity contribution < 1.29 is 14.3 Å². The van der Waals surface area contributed by atoms with Gasteiger partial charge in [0.1, 0.15) is 11.5 Å². The van der Waals surface area contributed by atoms with Crippen molar-refractivity contribution in [3.05, 3.63) is 64.6 Å². The fourth-order valence-corrected chi connectivity index (χ4v) is 3.46. The number of hydrogen-bond donors (Lipinski definition) is 1. The molecule has 1 aromatic heterocycles. The zero-order valence-electron chi connectivity index (χ0n) is 17.7. The summed E-state index contributed by atoms with van der Waals surface area (Å²) in [5, 5.41) is 7.43. The van der Waals surface area contributed by atoms with Crippen LogP contribution in [0.3, 0.4) is 0 Å². The molecule has 8 nitrogen and oxygen atoms in total. The quantitative estimate of drug-likeness (QED) is 0.572. The van der Waals surface area contributed by atoms with Crippen LogP contribution in [0.5, 0.6) is 11.5 Å². The van der Waals surface area contributed by atoms with Crippen LogP contribution in [0, 0.1) is 0 Å². The first-order valence-corrected chi connectivity index (χ1v) is 10.3. The molecule has 162 valence electrons. The maximum absolute atomic E-state index is 12.9. The number of carbonyl (C=O) groups is 1. The van der Waals surface area contributed by atoms with E-state index in [1.807, 2.05) is 48.5 Å². The molecule has 2 aromatic carbocycles. The maximum atomic E-state index is 12.9. The third-order valence-corrected chi connectivity index (χ3v) is 5.30. The molecule has 31 heavy (non-hydrogen) atoms. The SMILES string of the molecule is COc1ccc(CC(=O)NCCn2nc(-c3ccc(OC)cc3)n(C3CC3)c2=O)cc1. The number of ether oxygens (including phenoxy) is 2. The summed E-state index contributed by atoms with van der Waals surface area (Å²) in [6, 6.07) is 15.1. The first kappa shape index (κ1) is 20.7. The average molecular weight is 422 g/mol. The van der Waals surface area contributed by atoms with Crippen molar-refractivity contribution >= 4 is 5.91 Å². The average Bonchev–Trinajstić information content (AvgIpc) is 3.58. The Labute approximate surface area is 180 Å². The summed E-state index contributed by atoms with van der Waals surface area (Å²) in [4.78, 5) is 25.2. The van der Waals surface area contributed by atoms with Crippen LogP contribution < -0.4 is 20.5 Å². The normalized spacial score (nSPS) is 13.1. The summed E-state index contributed by atoms with van der Waals surface area (Å²) in [5.41, 5.74) is 1.63. The first-order valence-electron chi connectivity index (χ1n) is 10.3. The van der Waals surface area contributed by atoms with Crippen LogP contribution in [0.1, 0.15) is 24.4 Å². The van der Waals surface area contributed by atoms with Crippen LogP contribution in [0.4, 0.5) is 0 Å². The first-order chi connectivity index (χ1) is 15.1. The van der Waals surface area contributed by atoms with Gasteiger partial charge in [-0.25, -0.2) is 9.48 Å². The minimum absolute atomic E-state index is 0.102. The van der Waals surface area contributed by atoms with E-state index in [1.165, 1.54) is 4.68 Å². The lowest BCUT2D eigenvalue weighted by molar-refractivity contribution is -0.120. The Morgan fingerprint density at radius 2 is 1.65 bits per heavy atom. The highest BCUT2D eigenvalue weighted by atomic mass is 16.5. The molecule has 1 aliphatic carbocycles. The number of rotatable bonds is 9. The second-order valence-electron chi connectivity index (χ2n) is 7.53. The Bertz CT molecular complexity index is 1100. The van der Waals surface area contributed by atoms with E-state index in [0.29, 0.717) is 18.9 Å². The zero-order valence-corrected chi connectivity index (χ0v) is 17.7. The Balaban J connectivity index is 1.41. The van der Waals surface area contributed by atoms with Crippen LogP contribution in [-0.4, -0.2) is 41.0 Å². The van der Waals surface area contributed by atoms with Gasteiger partial charge in [0.05, 0.1) is 27.2 Å². The van der Waals surface area contributed by atoms with Crippen molar-refractivity contribution in [3.63, 3.8) is 0 Å². The van der Waals surface area contributed by atoms with E-state index in [0.717, 1.165) is 35.5 Å². The molecule has 0 bridgehead atoms. The van der Waals surface area contributed by atoms with E-state index < -0.39 is 0 Å². The molecule has 1 aliphatic rings. The van der Waals surface area contributed by atoms with E-state index in [9.17, 15) is 9.59 Å². The molecule has 0 radical (unpaired) electrons. The van der Waals surface area contributed by atoms with Crippen LogP contribution in [0.2, 0.25) is 0 Å². The van der Waals surface area contributed by atoms with Crippen LogP contribution >= 0.6 is 0 Å². The van der Waals surface area contributed by atoms with Gasteiger partial charge in [0, 0.05) is 18.2 Å². The highest BCUT2D eigenvalue weighted by Gasteiger charge is 2.30. The Hall–Kier alpha value is -3.55. The number of nitrogens with zero attached hydrogens (tertiary/aromatic N) is 3. The van der Waals surface area contributed by atoms with Crippen molar-refractivity contribution in [1.82, 2.24) is 19.7 Å². The lowest BCUT2D eigenvalue weighted by Gasteiger charge is -2.06. The second-order valence-corrected chi connectivity index (χ2v) is 7.53. The van der Waals surface area contributed by atoms with Gasteiger partial charge in [0.2, 0.25) is 5.91 Å². The third kappa shape index (κ3) is 4.79. The monoisotopic (exact) mass is 422 g/mol. The van der Waals surface area contributed by atoms with Gasteiger partial charge in [-0.15, -0.1) is 5.10 Å². The molecule has 0 atom stereocenters. The molecular weight excluding hydrogens is 396 g/mol. The predicted octanol–water partition coefficient (Wildman–Crippen LogP) is 2.42. The molecule has 1 amide bonds. The molecule has 1 heterocycles.